The van der Waals surface area contributed by atoms with Crippen LogP contribution in [-0.4, -0.2) is 4.98 Å². The topological polar surface area (TPSA) is 32.9 Å². The van der Waals surface area contributed by atoms with Gasteiger partial charge in [0.1, 0.15) is 0 Å². The smallest absolute Gasteiger partial charge is 0.189 e. The predicted octanol–water partition coefficient (Wildman–Crippen LogP) is 2.60. The number of aromatic nitrogens is 1. The van der Waals surface area contributed by atoms with Crippen molar-refractivity contribution in [2.24, 2.45) is 0 Å². The summed E-state index contributed by atoms with van der Waals surface area (Å²) in [5, 5.41) is 0.769. The molecule has 1 heterocycles. The molecule has 1 N–H and O–H groups in total. The number of rotatable bonds is 0. The number of H-pyrrole nitrogens is 1. The summed E-state index contributed by atoms with van der Waals surface area (Å²) in [5.41, 5.74) is 1.93. The van der Waals surface area contributed by atoms with Crippen LogP contribution in [0.25, 0.3) is 10.9 Å². The SMILES string of the molecule is Cc1cc(Br)cc2[nH]ccc(=O)c12. The quantitative estimate of drug-likeness (QED) is 0.751. The van der Waals surface area contributed by atoms with Crippen molar-refractivity contribution in [2.75, 3.05) is 0 Å². The molecule has 0 radical (unpaired) electrons. The maximum Gasteiger partial charge on any atom is 0.189 e. The van der Waals surface area contributed by atoms with E-state index in [1.807, 2.05) is 19.1 Å². The van der Waals surface area contributed by atoms with Gasteiger partial charge in [-0.2, -0.15) is 0 Å². The van der Waals surface area contributed by atoms with Crippen molar-refractivity contribution in [3.05, 3.63) is 44.7 Å². The first-order valence-electron chi connectivity index (χ1n) is 3.96. The minimum Gasteiger partial charge on any atom is -0.361 e. The highest BCUT2D eigenvalue weighted by molar-refractivity contribution is 9.10. The first kappa shape index (κ1) is 8.51. The molecule has 0 bridgehead atoms. The van der Waals surface area contributed by atoms with Crippen LogP contribution in [0.1, 0.15) is 5.56 Å². The average Bonchev–Trinajstić information content (AvgIpc) is 2.02. The molecule has 3 heteroatoms. The van der Waals surface area contributed by atoms with Gasteiger partial charge in [0.25, 0.3) is 0 Å². The van der Waals surface area contributed by atoms with Gasteiger partial charge in [0, 0.05) is 22.1 Å². The Kier molecular flexibility index (Phi) is 1.96. The van der Waals surface area contributed by atoms with E-state index in [1.165, 1.54) is 0 Å². The molecular formula is C10H8BrNO. The molecule has 2 nitrogen and oxygen atoms in total. The molecule has 13 heavy (non-hydrogen) atoms. The molecule has 0 saturated carbocycles. The Balaban J connectivity index is 3.03. The largest absolute Gasteiger partial charge is 0.361 e. The van der Waals surface area contributed by atoms with Gasteiger partial charge in [-0.3, -0.25) is 4.79 Å². The molecule has 66 valence electrons. The number of fused-ring (bicyclic) bond motifs is 1. The summed E-state index contributed by atoms with van der Waals surface area (Å²) in [7, 11) is 0. The van der Waals surface area contributed by atoms with E-state index in [2.05, 4.69) is 20.9 Å². The summed E-state index contributed by atoms with van der Waals surface area (Å²) in [4.78, 5) is 14.5. The van der Waals surface area contributed by atoms with Gasteiger partial charge < -0.3 is 4.98 Å². The van der Waals surface area contributed by atoms with E-state index in [0.717, 1.165) is 20.9 Å². The zero-order valence-corrected chi connectivity index (χ0v) is 8.68. The molecule has 2 rings (SSSR count). The number of pyridine rings is 1. The first-order valence-corrected chi connectivity index (χ1v) is 4.75. The fourth-order valence-corrected chi connectivity index (χ4v) is 2.05. The maximum atomic E-state index is 11.5. The van der Waals surface area contributed by atoms with Crippen molar-refractivity contribution in [3.8, 4) is 0 Å². The van der Waals surface area contributed by atoms with Crippen LogP contribution < -0.4 is 5.43 Å². The molecule has 1 aromatic heterocycles. The van der Waals surface area contributed by atoms with Crippen molar-refractivity contribution < 1.29 is 0 Å². The fourth-order valence-electron chi connectivity index (χ4n) is 1.47. The monoisotopic (exact) mass is 237 g/mol. The van der Waals surface area contributed by atoms with Crippen LogP contribution in [0.3, 0.4) is 0 Å². The van der Waals surface area contributed by atoms with Gasteiger partial charge in [0.05, 0.1) is 5.52 Å². The summed E-state index contributed by atoms with van der Waals surface area (Å²) < 4.78 is 0.986. The number of halogens is 1. The van der Waals surface area contributed by atoms with E-state index in [1.54, 1.807) is 12.3 Å². The molecule has 0 fully saturated rings. The zero-order chi connectivity index (χ0) is 9.42. The third-order valence-electron chi connectivity index (χ3n) is 2.02. The van der Waals surface area contributed by atoms with Crippen LogP contribution >= 0.6 is 15.9 Å². The molecule has 0 aliphatic rings. The zero-order valence-electron chi connectivity index (χ0n) is 7.10. The van der Waals surface area contributed by atoms with Gasteiger partial charge in [-0.05, 0) is 24.6 Å². The molecule has 1 aromatic carbocycles. The number of aromatic amines is 1. The molecule has 2 aromatic rings. The predicted molar refractivity (Wildman–Crippen MR) is 57.0 cm³/mol. The first-order chi connectivity index (χ1) is 6.18. The highest BCUT2D eigenvalue weighted by Crippen LogP contribution is 2.19. The Morgan fingerprint density at radius 2 is 2.15 bits per heavy atom. The lowest BCUT2D eigenvalue weighted by molar-refractivity contribution is 1.36. The van der Waals surface area contributed by atoms with E-state index in [4.69, 9.17) is 0 Å². The van der Waals surface area contributed by atoms with Crippen molar-refractivity contribution in [3.63, 3.8) is 0 Å². The van der Waals surface area contributed by atoms with Gasteiger partial charge >= 0.3 is 0 Å². The van der Waals surface area contributed by atoms with E-state index in [0.29, 0.717) is 0 Å². The molecule has 0 atom stereocenters. The summed E-state index contributed by atoms with van der Waals surface area (Å²) in [6, 6.07) is 5.39. The number of nitrogens with one attached hydrogen (secondary N) is 1. The van der Waals surface area contributed by atoms with Crippen LogP contribution in [0.5, 0.6) is 0 Å². The van der Waals surface area contributed by atoms with E-state index >= 15 is 0 Å². The van der Waals surface area contributed by atoms with E-state index < -0.39 is 0 Å². The van der Waals surface area contributed by atoms with Gasteiger partial charge in [0.15, 0.2) is 5.43 Å². The summed E-state index contributed by atoms with van der Waals surface area (Å²) in [6.45, 7) is 1.93. The second kappa shape index (κ2) is 3.00. The Hall–Kier alpha value is -1.09. The lowest BCUT2D eigenvalue weighted by Crippen LogP contribution is -2.01. The second-order valence-corrected chi connectivity index (χ2v) is 3.90. The van der Waals surface area contributed by atoms with Crippen LogP contribution in [0.4, 0.5) is 0 Å². The average molecular weight is 238 g/mol. The molecule has 0 spiro atoms. The third-order valence-corrected chi connectivity index (χ3v) is 2.48. The normalized spacial score (nSPS) is 10.6. The van der Waals surface area contributed by atoms with Crippen molar-refractivity contribution in [2.45, 2.75) is 6.92 Å². The standard InChI is InChI=1S/C10H8BrNO/c1-6-4-7(11)5-8-10(6)9(13)2-3-12-8/h2-5H,1H3,(H,12,13). The highest BCUT2D eigenvalue weighted by Gasteiger charge is 2.02. The molecular weight excluding hydrogens is 230 g/mol. The van der Waals surface area contributed by atoms with Crippen LogP contribution in [0.2, 0.25) is 0 Å². The van der Waals surface area contributed by atoms with E-state index in [9.17, 15) is 4.79 Å². The lowest BCUT2D eigenvalue weighted by atomic mass is 10.1. The van der Waals surface area contributed by atoms with E-state index in [-0.39, 0.29) is 5.43 Å². The lowest BCUT2D eigenvalue weighted by Gasteiger charge is -2.01. The maximum absolute atomic E-state index is 11.5. The molecule has 0 unspecified atom stereocenters. The second-order valence-electron chi connectivity index (χ2n) is 2.99. The Morgan fingerprint density at radius 1 is 1.38 bits per heavy atom. The van der Waals surface area contributed by atoms with Crippen molar-refractivity contribution in [1.82, 2.24) is 4.98 Å². The summed E-state index contributed by atoms with van der Waals surface area (Å²) in [5.74, 6) is 0. The third kappa shape index (κ3) is 1.40. The summed E-state index contributed by atoms with van der Waals surface area (Å²) in [6.07, 6.45) is 1.66. The van der Waals surface area contributed by atoms with Gasteiger partial charge in [-0.1, -0.05) is 15.9 Å². The number of hydrogen-bond acceptors (Lipinski definition) is 1. The molecule has 0 aliphatic heterocycles. The van der Waals surface area contributed by atoms with Gasteiger partial charge in [-0.15, -0.1) is 0 Å². The number of aryl methyl sites for hydroxylation is 1. The molecule has 0 saturated heterocycles. The summed E-state index contributed by atoms with van der Waals surface area (Å²) >= 11 is 3.39. The minimum atomic E-state index is 0.0683. The van der Waals surface area contributed by atoms with Crippen LogP contribution in [0, 0.1) is 6.92 Å². The number of hydrogen-bond donors (Lipinski definition) is 1. The molecule has 0 aliphatic carbocycles. The van der Waals surface area contributed by atoms with Gasteiger partial charge in [0.2, 0.25) is 0 Å². The minimum absolute atomic E-state index is 0.0683. The Bertz CT molecular complexity index is 516. The number of benzene rings is 1. The van der Waals surface area contributed by atoms with Crippen LogP contribution in [0.15, 0.2) is 33.7 Å². The molecule has 0 amide bonds. The van der Waals surface area contributed by atoms with Crippen molar-refractivity contribution >= 4 is 26.8 Å². The van der Waals surface area contributed by atoms with Crippen LogP contribution in [-0.2, 0) is 0 Å². The Morgan fingerprint density at radius 3 is 2.92 bits per heavy atom. The highest BCUT2D eigenvalue weighted by atomic mass is 79.9. The Labute approximate surface area is 83.7 Å². The van der Waals surface area contributed by atoms with Crippen molar-refractivity contribution in [1.29, 1.82) is 0 Å². The fraction of sp³-hybridized carbons (Fsp3) is 0.100. The van der Waals surface area contributed by atoms with Gasteiger partial charge in [-0.25, -0.2) is 0 Å².